The van der Waals surface area contributed by atoms with Crippen LogP contribution in [0.4, 0.5) is 0 Å². The van der Waals surface area contributed by atoms with Gasteiger partial charge in [-0.05, 0) is 95.9 Å². The first-order valence-electron chi connectivity index (χ1n) is 18.9. The number of para-hydroxylation sites is 2. The average Bonchev–Trinajstić information content (AvgIpc) is 3.72. The molecule has 0 unspecified atom stereocenters. The lowest BCUT2D eigenvalue weighted by atomic mass is 9.70. The van der Waals surface area contributed by atoms with Crippen LogP contribution in [0.2, 0.25) is 0 Å². The van der Waals surface area contributed by atoms with Crippen molar-refractivity contribution in [2.75, 3.05) is 0 Å². The lowest BCUT2D eigenvalue weighted by Gasteiger charge is -2.30. The summed E-state index contributed by atoms with van der Waals surface area (Å²) in [6.07, 6.45) is 3.80. The maximum atomic E-state index is 5.54. The van der Waals surface area contributed by atoms with E-state index < -0.39 is 5.41 Å². The summed E-state index contributed by atoms with van der Waals surface area (Å²) in [6.45, 7) is 0. The molecule has 10 aromatic rings. The molecule has 0 bridgehead atoms. The molecule has 0 N–H and O–H groups in total. The topological polar surface area (TPSA) is 38.7 Å². The van der Waals surface area contributed by atoms with E-state index in [-0.39, 0.29) is 0 Å². The summed E-state index contributed by atoms with van der Waals surface area (Å²) in [5.41, 5.74) is 17.8. The highest BCUT2D eigenvalue weighted by molar-refractivity contribution is 6.22. The van der Waals surface area contributed by atoms with Crippen molar-refractivity contribution in [1.82, 2.24) is 15.0 Å². The molecule has 1 spiro atoms. The van der Waals surface area contributed by atoms with E-state index in [1.54, 1.807) is 0 Å². The third-order valence-electron chi connectivity index (χ3n) is 12.0. The lowest BCUT2D eigenvalue weighted by Crippen LogP contribution is -2.25. The minimum absolute atomic E-state index is 0.454. The van der Waals surface area contributed by atoms with E-state index in [1.807, 2.05) is 24.5 Å². The molecule has 0 saturated heterocycles. The Bertz CT molecular complexity index is 3100. The van der Waals surface area contributed by atoms with Crippen molar-refractivity contribution < 1.29 is 0 Å². The van der Waals surface area contributed by atoms with Crippen molar-refractivity contribution in [3.8, 4) is 55.9 Å². The van der Waals surface area contributed by atoms with Crippen LogP contribution >= 0.6 is 0 Å². The monoisotopic (exact) mass is 697 g/mol. The number of benzene rings is 8. The molecular weight excluding hydrogens is 667 g/mol. The summed E-state index contributed by atoms with van der Waals surface area (Å²) in [7, 11) is 0. The van der Waals surface area contributed by atoms with Crippen LogP contribution in [0.5, 0.6) is 0 Å². The second kappa shape index (κ2) is 11.4. The number of pyridine rings is 1. The van der Waals surface area contributed by atoms with Crippen molar-refractivity contribution in [2.45, 2.75) is 5.41 Å². The summed E-state index contributed by atoms with van der Waals surface area (Å²) < 4.78 is 0. The molecule has 2 aliphatic carbocycles. The molecule has 0 atom stereocenters. The molecule has 0 saturated carbocycles. The van der Waals surface area contributed by atoms with E-state index >= 15 is 0 Å². The van der Waals surface area contributed by atoms with Gasteiger partial charge in [0.2, 0.25) is 0 Å². The van der Waals surface area contributed by atoms with E-state index in [1.165, 1.54) is 50.1 Å². The van der Waals surface area contributed by atoms with Gasteiger partial charge in [0, 0.05) is 29.1 Å². The molecule has 0 amide bonds. The van der Waals surface area contributed by atoms with Gasteiger partial charge in [0.1, 0.15) is 0 Å². The van der Waals surface area contributed by atoms with Crippen LogP contribution in [0, 0.1) is 0 Å². The Morgan fingerprint density at radius 1 is 0.345 bits per heavy atom. The lowest BCUT2D eigenvalue weighted by molar-refractivity contribution is 0.794. The van der Waals surface area contributed by atoms with Crippen LogP contribution in [0.15, 0.2) is 188 Å². The smallest absolute Gasteiger partial charge is 0.0985 e. The Hall–Kier alpha value is -7.23. The zero-order chi connectivity index (χ0) is 36.1. The van der Waals surface area contributed by atoms with Gasteiger partial charge in [0.15, 0.2) is 0 Å². The van der Waals surface area contributed by atoms with E-state index in [2.05, 4.69) is 169 Å². The Morgan fingerprint density at radius 3 is 1.36 bits per heavy atom. The SMILES string of the molecule is c1cncc(-c2c3ccccc3c(-c3nc4ccccc4nc3-c3ccc4c(c3)C3(c5ccccc5-c5ccccc53)c3ccccc3-4)c3ccccc23)c1. The predicted molar refractivity (Wildman–Crippen MR) is 225 cm³/mol. The van der Waals surface area contributed by atoms with Gasteiger partial charge < -0.3 is 0 Å². The van der Waals surface area contributed by atoms with E-state index in [0.717, 1.165) is 60.7 Å². The number of aromatic nitrogens is 3. The van der Waals surface area contributed by atoms with Crippen LogP contribution in [0.25, 0.3) is 88.5 Å². The number of nitrogens with zero attached hydrogens (tertiary/aromatic N) is 3. The van der Waals surface area contributed by atoms with Gasteiger partial charge in [-0.3, -0.25) is 4.98 Å². The van der Waals surface area contributed by atoms with Gasteiger partial charge in [-0.15, -0.1) is 0 Å². The summed E-state index contributed by atoms with van der Waals surface area (Å²) in [5, 5.41) is 4.59. The van der Waals surface area contributed by atoms with Crippen molar-refractivity contribution in [1.29, 1.82) is 0 Å². The fraction of sp³-hybridized carbons (Fsp3) is 0.0192. The Labute approximate surface area is 318 Å². The highest BCUT2D eigenvalue weighted by Crippen LogP contribution is 2.63. The van der Waals surface area contributed by atoms with Gasteiger partial charge in [-0.25, -0.2) is 9.97 Å². The molecule has 8 aromatic carbocycles. The maximum absolute atomic E-state index is 5.54. The zero-order valence-electron chi connectivity index (χ0n) is 29.7. The van der Waals surface area contributed by atoms with Crippen molar-refractivity contribution >= 4 is 32.6 Å². The molecule has 254 valence electrons. The second-order valence-corrected chi connectivity index (χ2v) is 14.6. The van der Waals surface area contributed by atoms with Gasteiger partial charge in [-0.2, -0.15) is 0 Å². The molecule has 2 heterocycles. The molecule has 0 radical (unpaired) electrons. The average molecular weight is 698 g/mol. The normalized spacial score (nSPS) is 13.2. The zero-order valence-corrected chi connectivity index (χ0v) is 29.7. The van der Waals surface area contributed by atoms with Crippen LogP contribution in [0.3, 0.4) is 0 Å². The molecule has 2 aromatic heterocycles. The number of fused-ring (bicyclic) bond motifs is 13. The first-order valence-corrected chi connectivity index (χ1v) is 18.9. The molecule has 0 fully saturated rings. The van der Waals surface area contributed by atoms with Gasteiger partial charge >= 0.3 is 0 Å². The predicted octanol–water partition coefficient (Wildman–Crippen LogP) is 12.7. The first-order chi connectivity index (χ1) is 27.3. The number of hydrogen-bond donors (Lipinski definition) is 0. The third kappa shape index (κ3) is 4.07. The molecule has 0 aliphatic heterocycles. The molecule has 2 aliphatic rings. The minimum atomic E-state index is -0.454. The van der Waals surface area contributed by atoms with E-state index in [0.29, 0.717) is 0 Å². The fourth-order valence-corrected chi connectivity index (χ4v) is 9.82. The Balaban J connectivity index is 1.19. The minimum Gasteiger partial charge on any atom is -0.264 e. The van der Waals surface area contributed by atoms with Crippen LogP contribution in [-0.4, -0.2) is 15.0 Å². The highest BCUT2D eigenvalue weighted by Gasteiger charge is 2.51. The number of rotatable bonds is 3. The fourth-order valence-electron chi connectivity index (χ4n) is 9.82. The van der Waals surface area contributed by atoms with Gasteiger partial charge in [0.05, 0.1) is 27.8 Å². The first kappa shape index (κ1) is 30.3. The van der Waals surface area contributed by atoms with Crippen LogP contribution in [0.1, 0.15) is 22.3 Å². The van der Waals surface area contributed by atoms with Crippen molar-refractivity contribution in [3.63, 3.8) is 0 Å². The van der Waals surface area contributed by atoms with E-state index in [4.69, 9.17) is 9.97 Å². The third-order valence-corrected chi connectivity index (χ3v) is 12.0. The quantitative estimate of drug-likeness (QED) is 0.173. The van der Waals surface area contributed by atoms with Crippen molar-refractivity contribution in [3.05, 3.63) is 211 Å². The summed E-state index contributed by atoms with van der Waals surface area (Å²) >= 11 is 0. The number of hydrogen-bond acceptors (Lipinski definition) is 3. The van der Waals surface area contributed by atoms with Gasteiger partial charge in [0.25, 0.3) is 0 Å². The van der Waals surface area contributed by atoms with Crippen molar-refractivity contribution in [2.24, 2.45) is 0 Å². The Kier molecular flexibility index (Phi) is 6.26. The maximum Gasteiger partial charge on any atom is 0.0985 e. The molecule has 3 heteroatoms. The summed E-state index contributed by atoms with van der Waals surface area (Å²) in [5.74, 6) is 0. The Morgan fingerprint density at radius 2 is 0.818 bits per heavy atom. The summed E-state index contributed by atoms with van der Waals surface area (Å²) in [4.78, 5) is 15.6. The molecule has 3 nitrogen and oxygen atoms in total. The van der Waals surface area contributed by atoms with Crippen LogP contribution < -0.4 is 0 Å². The molecular formula is C52H31N3. The van der Waals surface area contributed by atoms with Crippen LogP contribution in [-0.2, 0) is 5.41 Å². The molecule has 12 rings (SSSR count). The standard InChI is InChI=1S/C52H31N3/c1-3-20-40-38(18-1)48(33-14-13-29-53-31-33)39-19-2-4-21-41(39)49(40)51-50(54-46-25-11-12-26-47(46)55-51)32-27-28-37-36-17-7-10-24-44(36)52(45(37)30-32)42-22-8-5-15-34(42)35-16-6-9-23-43(35)52/h1-31H. The molecule has 55 heavy (non-hydrogen) atoms. The van der Waals surface area contributed by atoms with E-state index in [9.17, 15) is 0 Å². The van der Waals surface area contributed by atoms with Gasteiger partial charge in [-0.1, -0.05) is 152 Å². The second-order valence-electron chi connectivity index (χ2n) is 14.6. The highest BCUT2D eigenvalue weighted by atomic mass is 14.8. The largest absolute Gasteiger partial charge is 0.264 e. The summed E-state index contributed by atoms with van der Waals surface area (Å²) in [6, 6.07) is 63.8.